The van der Waals surface area contributed by atoms with Crippen LogP contribution in [-0.4, -0.2) is 30.9 Å². The van der Waals surface area contributed by atoms with Crippen molar-refractivity contribution in [3.8, 4) is 0 Å². The Kier molecular flexibility index (Phi) is 4.23. The molecule has 20 heavy (non-hydrogen) atoms. The zero-order chi connectivity index (χ0) is 15.0. The van der Waals surface area contributed by atoms with Crippen LogP contribution in [0.4, 0.5) is 0 Å². The minimum Gasteiger partial charge on any atom is -0.392 e. The lowest BCUT2D eigenvalue weighted by Gasteiger charge is -2.26. The summed E-state index contributed by atoms with van der Waals surface area (Å²) in [5.41, 5.74) is 0.745. The molecular weight excluding hydrogens is 274 g/mol. The lowest BCUT2D eigenvalue weighted by Crippen LogP contribution is -2.31. The lowest BCUT2D eigenvalue weighted by atomic mass is 9.80. The fourth-order valence-corrected chi connectivity index (χ4v) is 4.18. The maximum atomic E-state index is 12.6. The van der Waals surface area contributed by atoms with Crippen molar-refractivity contribution in [1.82, 2.24) is 4.31 Å². The van der Waals surface area contributed by atoms with Crippen LogP contribution in [0.3, 0.4) is 0 Å². The molecule has 0 amide bonds. The first-order valence-corrected chi connectivity index (χ1v) is 8.39. The SMILES string of the molecule is CC(C)(C)C1CCN(S(=O)(=O)c2cccc(CO)c2)C1. The monoisotopic (exact) mass is 297 g/mol. The van der Waals surface area contributed by atoms with Gasteiger partial charge < -0.3 is 5.11 Å². The highest BCUT2D eigenvalue weighted by molar-refractivity contribution is 7.89. The molecule has 0 aromatic heterocycles. The largest absolute Gasteiger partial charge is 0.392 e. The second kappa shape index (κ2) is 5.47. The Balaban J connectivity index is 2.23. The fraction of sp³-hybridized carbons (Fsp3) is 0.600. The summed E-state index contributed by atoms with van der Waals surface area (Å²) in [7, 11) is -3.44. The van der Waals surface area contributed by atoms with E-state index in [9.17, 15) is 8.42 Å². The van der Waals surface area contributed by atoms with Gasteiger partial charge in [-0.25, -0.2) is 8.42 Å². The highest BCUT2D eigenvalue weighted by Crippen LogP contribution is 2.35. The molecule has 1 aliphatic heterocycles. The molecule has 1 aromatic rings. The molecule has 1 fully saturated rings. The highest BCUT2D eigenvalue weighted by atomic mass is 32.2. The van der Waals surface area contributed by atoms with Crippen LogP contribution in [0.5, 0.6) is 0 Å². The number of rotatable bonds is 3. The van der Waals surface area contributed by atoms with Gasteiger partial charge >= 0.3 is 0 Å². The third kappa shape index (κ3) is 3.05. The van der Waals surface area contributed by atoms with Gasteiger partial charge in [-0.15, -0.1) is 0 Å². The molecule has 0 spiro atoms. The van der Waals surface area contributed by atoms with Gasteiger partial charge in [0.05, 0.1) is 11.5 Å². The van der Waals surface area contributed by atoms with Gasteiger partial charge in [-0.3, -0.25) is 0 Å². The van der Waals surface area contributed by atoms with Gasteiger partial charge in [0.2, 0.25) is 10.0 Å². The lowest BCUT2D eigenvalue weighted by molar-refractivity contribution is 0.252. The molecule has 112 valence electrons. The van der Waals surface area contributed by atoms with E-state index in [2.05, 4.69) is 20.8 Å². The summed E-state index contributed by atoms with van der Waals surface area (Å²) in [5.74, 6) is 0.387. The Morgan fingerprint density at radius 3 is 2.60 bits per heavy atom. The Morgan fingerprint density at radius 2 is 2.05 bits per heavy atom. The first-order chi connectivity index (χ1) is 9.25. The molecule has 2 rings (SSSR count). The third-order valence-corrected chi connectivity index (χ3v) is 5.96. The van der Waals surface area contributed by atoms with E-state index in [1.165, 1.54) is 0 Å². The predicted octanol–water partition coefficient (Wildman–Crippen LogP) is 2.24. The molecule has 1 N–H and O–H groups in total. The smallest absolute Gasteiger partial charge is 0.243 e. The molecule has 1 atom stereocenters. The van der Waals surface area contributed by atoms with Gasteiger partial charge in [-0.2, -0.15) is 4.31 Å². The quantitative estimate of drug-likeness (QED) is 0.931. The Morgan fingerprint density at radius 1 is 1.35 bits per heavy atom. The van der Waals surface area contributed by atoms with Crippen LogP contribution in [0.2, 0.25) is 0 Å². The summed E-state index contributed by atoms with van der Waals surface area (Å²) >= 11 is 0. The minimum atomic E-state index is -3.44. The summed E-state index contributed by atoms with van der Waals surface area (Å²) < 4.78 is 26.8. The minimum absolute atomic E-state index is 0.122. The van der Waals surface area contributed by atoms with E-state index in [1.54, 1.807) is 28.6 Å². The van der Waals surface area contributed by atoms with Crippen molar-refractivity contribution in [2.45, 2.75) is 38.7 Å². The van der Waals surface area contributed by atoms with Crippen molar-refractivity contribution in [2.24, 2.45) is 11.3 Å². The number of aliphatic hydroxyl groups is 1. The van der Waals surface area contributed by atoms with Crippen LogP contribution in [-0.2, 0) is 16.6 Å². The van der Waals surface area contributed by atoms with Gasteiger partial charge in [0, 0.05) is 13.1 Å². The van der Waals surface area contributed by atoms with Gasteiger partial charge in [0.1, 0.15) is 0 Å². The summed E-state index contributed by atoms with van der Waals surface area (Å²) in [6.45, 7) is 7.47. The second-order valence-corrected chi connectivity index (χ2v) is 8.46. The van der Waals surface area contributed by atoms with Crippen LogP contribution in [0.15, 0.2) is 29.2 Å². The first kappa shape index (κ1) is 15.5. The zero-order valence-electron chi connectivity index (χ0n) is 12.3. The van der Waals surface area contributed by atoms with Crippen molar-refractivity contribution in [2.75, 3.05) is 13.1 Å². The summed E-state index contributed by atoms with van der Waals surface area (Å²) in [6, 6.07) is 6.55. The molecule has 4 nitrogen and oxygen atoms in total. The van der Waals surface area contributed by atoms with Crippen LogP contribution >= 0.6 is 0 Å². The average Bonchev–Trinajstić information content (AvgIpc) is 2.89. The molecule has 1 aromatic carbocycles. The summed E-state index contributed by atoms with van der Waals surface area (Å²) in [4.78, 5) is 0.276. The zero-order valence-corrected chi connectivity index (χ0v) is 13.2. The van der Waals surface area contributed by atoms with Gasteiger partial charge in [-0.05, 0) is 35.4 Å². The van der Waals surface area contributed by atoms with Crippen LogP contribution < -0.4 is 0 Å². The molecule has 5 heteroatoms. The van der Waals surface area contributed by atoms with E-state index >= 15 is 0 Å². The molecular formula is C15H23NO3S. The number of hydrogen-bond acceptors (Lipinski definition) is 3. The molecule has 1 saturated heterocycles. The molecule has 0 radical (unpaired) electrons. The Bertz CT molecular complexity index is 575. The Labute approximate surface area is 121 Å². The summed E-state index contributed by atoms with van der Waals surface area (Å²) in [6.07, 6.45) is 0.905. The summed E-state index contributed by atoms with van der Waals surface area (Å²) in [5, 5.41) is 9.13. The fourth-order valence-electron chi connectivity index (χ4n) is 2.61. The van der Waals surface area contributed by atoms with E-state index < -0.39 is 10.0 Å². The van der Waals surface area contributed by atoms with E-state index in [-0.39, 0.29) is 16.9 Å². The highest BCUT2D eigenvalue weighted by Gasteiger charge is 2.37. The third-order valence-electron chi connectivity index (χ3n) is 4.09. The predicted molar refractivity (Wildman–Crippen MR) is 78.7 cm³/mol. The second-order valence-electron chi connectivity index (χ2n) is 6.52. The van der Waals surface area contributed by atoms with Crippen molar-refractivity contribution in [3.63, 3.8) is 0 Å². The maximum Gasteiger partial charge on any atom is 0.243 e. The van der Waals surface area contributed by atoms with Crippen molar-refractivity contribution in [1.29, 1.82) is 0 Å². The standard InChI is InChI=1S/C15H23NO3S/c1-15(2,3)13-7-8-16(10-13)20(18,19)14-6-4-5-12(9-14)11-17/h4-6,9,13,17H,7-8,10-11H2,1-3H3. The van der Waals surface area contributed by atoms with Crippen molar-refractivity contribution in [3.05, 3.63) is 29.8 Å². The number of nitrogens with zero attached hydrogens (tertiary/aromatic N) is 1. The molecule has 1 aliphatic rings. The van der Waals surface area contributed by atoms with Gasteiger partial charge in [0.25, 0.3) is 0 Å². The maximum absolute atomic E-state index is 12.6. The average molecular weight is 297 g/mol. The topological polar surface area (TPSA) is 57.6 Å². The van der Waals surface area contributed by atoms with E-state index in [1.807, 2.05) is 0 Å². The van der Waals surface area contributed by atoms with Crippen LogP contribution in [0.1, 0.15) is 32.8 Å². The molecule has 1 unspecified atom stereocenters. The number of sulfonamides is 1. The molecule has 0 aliphatic carbocycles. The first-order valence-electron chi connectivity index (χ1n) is 6.95. The van der Waals surface area contributed by atoms with E-state index in [0.717, 1.165) is 6.42 Å². The number of benzene rings is 1. The van der Waals surface area contributed by atoms with Crippen LogP contribution in [0, 0.1) is 11.3 Å². The van der Waals surface area contributed by atoms with Crippen molar-refractivity contribution < 1.29 is 13.5 Å². The number of aliphatic hydroxyl groups excluding tert-OH is 1. The molecule has 1 heterocycles. The van der Waals surface area contributed by atoms with E-state index in [4.69, 9.17) is 5.11 Å². The molecule has 0 bridgehead atoms. The Hall–Kier alpha value is -0.910. The van der Waals surface area contributed by atoms with Gasteiger partial charge in [0.15, 0.2) is 0 Å². The van der Waals surface area contributed by atoms with Crippen molar-refractivity contribution >= 4 is 10.0 Å². The normalized spacial score (nSPS) is 21.3. The van der Waals surface area contributed by atoms with Crippen LogP contribution in [0.25, 0.3) is 0 Å². The number of hydrogen-bond donors (Lipinski definition) is 1. The van der Waals surface area contributed by atoms with Gasteiger partial charge in [-0.1, -0.05) is 32.9 Å². The van der Waals surface area contributed by atoms with E-state index in [0.29, 0.717) is 24.6 Å². The molecule has 0 saturated carbocycles.